The van der Waals surface area contributed by atoms with Gasteiger partial charge in [-0.05, 0) is 51.6 Å². The van der Waals surface area contributed by atoms with Crippen molar-refractivity contribution < 1.29 is 0 Å². The molecule has 0 spiro atoms. The molecule has 0 amide bonds. The zero-order chi connectivity index (χ0) is 39.1. The van der Waals surface area contributed by atoms with Gasteiger partial charge in [0.2, 0.25) is 0 Å². The molecule has 0 fully saturated rings. The van der Waals surface area contributed by atoms with Crippen LogP contribution in [0.4, 0.5) is 0 Å². The average molecular weight is 772 g/mol. The molecule has 0 aliphatic carbocycles. The van der Waals surface area contributed by atoms with Gasteiger partial charge >= 0.3 is 0 Å². The fraction of sp³-hybridized carbons (Fsp3) is 0. The van der Waals surface area contributed by atoms with Crippen molar-refractivity contribution in [3.05, 3.63) is 200 Å². The van der Waals surface area contributed by atoms with E-state index in [-0.39, 0.29) is 0 Å². The minimum absolute atomic E-state index is 0.631. The Morgan fingerprint density at radius 2 is 0.797 bits per heavy atom. The number of hydrogen-bond donors (Lipinski definition) is 0. The van der Waals surface area contributed by atoms with E-state index >= 15 is 0 Å². The highest BCUT2D eigenvalue weighted by Gasteiger charge is 2.17. The van der Waals surface area contributed by atoms with Gasteiger partial charge in [0, 0.05) is 49.3 Å². The molecule has 0 aliphatic rings. The van der Waals surface area contributed by atoms with Crippen LogP contribution in [-0.2, 0) is 0 Å². The summed E-state index contributed by atoms with van der Waals surface area (Å²) in [6.45, 7) is 0. The van der Waals surface area contributed by atoms with E-state index in [9.17, 15) is 0 Å². The van der Waals surface area contributed by atoms with Crippen molar-refractivity contribution >= 4 is 42.4 Å². The number of nitrogens with zero attached hydrogens (tertiary/aromatic N) is 5. The molecular formula is C53H33N5S. The van der Waals surface area contributed by atoms with E-state index in [1.54, 1.807) is 11.3 Å². The Bertz CT molecular complexity index is 3290. The highest BCUT2D eigenvalue weighted by molar-refractivity contribution is 7.26. The third-order valence-electron chi connectivity index (χ3n) is 10.9. The van der Waals surface area contributed by atoms with E-state index in [0.29, 0.717) is 17.5 Å². The van der Waals surface area contributed by atoms with Gasteiger partial charge in [0.05, 0.1) is 22.1 Å². The van der Waals surface area contributed by atoms with Crippen LogP contribution < -0.4 is 0 Å². The van der Waals surface area contributed by atoms with Crippen molar-refractivity contribution in [2.45, 2.75) is 0 Å². The van der Waals surface area contributed by atoms with Crippen molar-refractivity contribution in [3.8, 4) is 78.8 Å². The lowest BCUT2D eigenvalue weighted by molar-refractivity contribution is 1.07. The van der Waals surface area contributed by atoms with E-state index in [2.05, 4.69) is 157 Å². The molecule has 0 bridgehead atoms. The molecule has 4 heterocycles. The van der Waals surface area contributed by atoms with Gasteiger partial charge in [-0.25, -0.2) is 19.9 Å². The first-order chi connectivity index (χ1) is 29.2. The lowest BCUT2D eigenvalue weighted by atomic mass is 9.97. The molecule has 11 rings (SSSR count). The van der Waals surface area contributed by atoms with Crippen molar-refractivity contribution in [1.29, 1.82) is 0 Å². The normalized spacial score (nSPS) is 11.4. The zero-order valence-electron chi connectivity index (χ0n) is 31.7. The number of aromatic nitrogens is 5. The Morgan fingerprint density at radius 1 is 0.339 bits per heavy atom. The summed E-state index contributed by atoms with van der Waals surface area (Å²) in [7, 11) is 0. The maximum Gasteiger partial charge on any atom is 0.164 e. The number of rotatable bonds is 7. The first-order valence-electron chi connectivity index (χ1n) is 19.6. The van der Waals surface area contributed by atoms with Crippen molar-refractivity contribution in [2.24, 2.45) is 0 Å². The minimum Gasteiger partial charge on any atom is -0.262 e. The third kappa shape index (κ3) is 6.52. The molecule has 5 nitrogen and oxygen atoms in total. The number of fused-ring (bicyclic) bond motifs is 5. The predicted octanol–water partition coefficient (Wildman–Crippen LogP) is 13.9. The Hall–Kier alpha value is -7.67. The molecule has 0 saturated carbocycles. The minimum atomic E-state index is 0.631. The SMILES string of the molecule is c1ccc(-c2ccc(-c3nc(-c4ccccc4)nc(-c4ccc(-c5cccc(-c6ccc(-c7nc8cnccc8c8c7sc7ccccc78)cc6)c5)cc4)n3)cc2)cc1. The van der Waals surface area contributed by atoms with Crippen LogP contribution >= 0.6 is 11.3 Å². The third-order valence-corrected chi connectivity index (χ3v) is 12.0. The lowest BCUT2D eigenvalue weighted by Gasteiger charge is -2.11. The van der Waals surface area contributed by atoms with E-state index in [1.165, 1.54) is 25.7 Å². The van der Waals surface area contributed by atoms with Gasteiger partial charge in [0.25, 0.3) is 0 Å². The van der Waals surface area contributed by atoms with Gasteiger partial charge < -0.3 is 0 Å². The topological polar surface area (TPSA) is 64.5 Å². The second kappa shape index (κ2) is 14.7. The number of thiophene rings is 1. The number of hydrogen-bond acceptors (Lipinski definition) is 6. The molecule has 7 aromatic carbocycles. The quantitative estimate of drug-likeness (QED) is 0.161. The maximum absolute atomic E-state index is 5.14. The molecular weight excluding hydrogens is 739 g/mol. The Morgan fingerprint density at radius 3 is 1.41 bits per heavy atom. The molecule has 0 N–H and O–H groups in total. The Labute approximate surface area is 345 Å². The van der Waals surface area contributed by atoms with Gasteiger partial charge in [-0.3, -0.25) is 4.98 Å². The summed E-state index contributed by atoms with van der Waals surface area (Å²) in [6.07, 6.45) is 3.72. The maximum atomic E-state index is 5.14. The van der Waals surface area contributed by atoms with Crippen LogP contribution in [0.15, 0.2) is 200 Å². The zero-order valence-corrected chi connectivity index (χ0v) is 32.5. The van der Waals surface area contributed by atoms with E-state index < -0.39 is 0 Å². The molecule has 0 aliphatic heterocycles. The first-order valence-corrected chi connectivity index (χ1v) is 20.4. The van der Waals surface area contributed by atoms with Gasteiger partial charge in [-0.1, -0.05) is 170 Å². The lowest BCUT2D eigenvalue weighted by Crippen LogP contribution is -2.00. The monoisotopic (exact) mass is 771 g/mol. The number of pyridine rings is 2. The van der Waals surface area contributed by atoms with Gasteiger partial charge in [0.1, 0.15) is 0 Å². The van der Waals surface area contributed by atoms with Crippen LogP contribution in [0.1, 0.15) is 0 Å². The second-order valence-electron chi connectivity index (χ2n) is 14.5. The highest BCUT2D eigenvalue weighted by Crippen LogP contribution is 2.43. The van der Waals surface area contributed by atoms with E-state index in [4.69, 9.17) is 19.9 Å². The largest absolute Gasteiger partial charge is 0.262 e. The standard InChI is InChI=1S/C53H33N5S/c1-3-10-34(11-4-1)35-20-26-40(27-21-35)52-56-51(39-12-5-2-6-13-39)57-53(58-52)41-28-22-37(23-29-41)43-15-9-14-42(32-43)36-18-24-38(25-19-36)49-50-48(44-30-31-54-33-46(44)55-49)45-16-7-8-17-47(45)59-50/h1-33H. The van der Waals surface area contributed by atoms with Gasteiger partial charge in [0.15, 0.2) is 17.5 Å². The first kappa shape index (κ1) is 34.6. The highest BCUT2D eigenvalue weighted by atomic mass is 32.1. The molecule has 6 heteroatoms. The second-order valence-corrected chi connectivity index (χ2v) is 15.6. The molecule has 0 unspecified atom stereocenters. The molecule has 11 aromatic rings. The van der Waals surface area contributed by atoms with Gasteiger partial charge in [-0.15, -0.1) is 11.3 Å². The molecule has 0 radical (unpaired) electrons. The molecule has 4 aromatic heterocycles. The Balaban J connectivity index is 0.900. The molecule has 0 saturated heterocycles. The summed E-state index contributed by atoms with van der Waals surface area (Å²) < 4.78 is 2.46. The molecule has 276 valence electrons. The summed E-state index contributed by atoms with van der Waals surface area (Å²) in [5.41, 5.74) is 12.6. The van der Waals surface area contributed by atoms with E-state index in [0.717, 1.165) is 66.7 Å². The summed E-state index contributed by atoms with van der Waals surface area (Å²) >= 11 is 1.80. The van der Waals surface area contributed by atoms with Crippen LogP contribution in [0.2, 0.25) is 0 Å². The summed E-state index contributed by atoms with van der Waals surface area (Å²) in [4.78, 5) is 24.4. The van der Waals surface area contributed by atoms with Crippen molar-refractivity contribution in [3.63, 3.8) is 0 Å². The fourth-order valence-electron chi connectivity index (χ4n) is 7.84. The molecule has 0 atom stereocenters. The number of benzene rings is 7. The van der Waals surface area contributed by atoms with Crippen LogP contribution in [-0.4, -0.2) is 24.9 Å². The van der Waals surface area contributed by atoms with Crippen molar-refractivity contribution in [2.75, 3.05) is 0 Å². The summed E-state index contributed by atoms with van der Waals surface area (Å²) in [5, 5.41) is 3.64. The van der Waals surface area contributed by atoms with Crippen LogP contribution in [0.3, 0.4) is 0 Å². The van der Waals surface area contributed by atoms with Crippen molar-refractivity contribution in [1.82, 2.24) is 24.9 Å². The average Bonchev–Trinajstić information content (AvgIpc) is 3.72. The summed E-state index contributed by atoms with van der Waals surface area (Å²) in [6, 6.07) is 65.6. The van der Waals surface area contributed by atoms with E-state index in [1.807, 2.05) is 48.8 Å². The van der Waals surface area contributed by atoms with Crippen LogP contribution in [0.25, 0.3) is 110 Å². The summed E-state index contributed by atoms with van der Waals surface area (Å²) in [5.74, 6) is 1.91. The smallest absolute Gasteiger partial charge is 0.164 e. The molecule has 59 heavy (non-hydrogen) atoms. The van der Waals surface area contributed by atoms with Crippen LogP contribution in [0.5, 0.6) is 0 Å². The fourth-order valence-corrected chi connectivity index (χ4v) is 9.07. The predicted molar refractivity (Wildman–Crippen MR) is 244 cm³/mol. The van der Waals surface area contributed by atoms with Gasteiger partial charge in [-0.2, -0.15) is 0 Å². The van der Waals surface area contributed by atoms with Crippen LogP contribution in [0, 0.1) is 0 Å². The Kier molecular flexibility index (Phi) is 8.60.